The van der Waals surface area contributed by atoms with Gasteiger partial charge in [0.25, 0.3) is 0 Å². The number of para-hydroxylation sites is 1. The van der Waals surface area contributed by atoms with Gasteiger partial charge in [-0.2, -0.15) is 0 Å². The Hall–Kier alpha value is -2.49. The van der Waals surface area contributed by atoms with Gasteiger partial charge in [0.2, 0.25) is 0 Å². The number of hydrogen-bond acceptors (Lipinski definition) is 3. The van der Waals surface area contributed by atoms with Gasteiger partial charge in [-0.15, -0.1) is 0 Å². The molecular weight excluding hydrogens is 278 g/mol. The molecule has 4 heteroatoms. The Kier molecular flexibility index (Phi) is 5.83. The minimum absolute atomic E-state index is 0.00137. The molecule has 2 rings (SSSR count). The first kappa shape index (κ1) is 15.9. The van der Waals surface area contributed by atoms with Crippen LogP contribution in [0.3, 0.4) is 0 Å². The largest absolute Gasteiger partial charge is 0.494 e. The van der Waals surface area contributed by atoms with Crippen LogP contribution in [0.4, 0.5) is 11.4 Å². The second kappa shape index (κ2) is 8.08. The highest BCUT2D eigenvalue weighted by Gasteiger charge is 2.06. The van der Waals surface area contributed by atoms with E-state index in [1.165, 1.54) is 0 Å². The van der Waals surface area contributed by atoms with Crippen molar-refractivity contribution in [2.45, 2.75) is 26.2 Å². The molecule has 0 saturated heterocycles. The maximum atomic E-state index is 10.9. The molecule has 0 aliphatic heterocycles. The van der Waals surface area contributed by atoms with Crippen LogP contribution < -0.4 is 10.1 Å². The molecule has 0 aliphatic rings. The summed E-state index contributed by atoms with van der Waals surface area (Å²) in [6.45, 7) is 2.86. The van der Waals surface area contributed by atoms with E-state index >= 15 is 0 Å². The number of benzene rings is 2. The molecule has 2 aromatic rings. The highest BCUT2D eigenvalue weighted by molar-refractivity contribution is 5.75. The lowest BCUT2D eigenvalue weighted by atomic mass is 10.1. The third kappa shape index (κ3) is 4.81. The average molecular weight is 299 g/mol. The molecule has 0 aromatic heterocycles. The van der Waals surface area contributed by atoms with Crippen molar-refractivity contribution >= 4 is 17.3 Å². The summed E-state index contributed by atoms with van der Waals surface area (Å²) in [6.07, 6.45) is 2.16. The van der Waals surface area contributed by atoms with Gasteiger partial charge in [-0.3, -0.25) is 4.79 Å². The third-order valence-corrected chi connectivity index (χ3v) is 3.26. The van der Waals surface area contributed by atoms with E-state index < -0.39 is 5.97 Å². The monoisotopic (exact) mass is 299 g/mol. The molecule has 0 bridgehead atoms. The molecule has 0 unspecified atom stereocenters. The number of rotatable bonds is 8. The van der Waals surface area contributed by atoms with Crippen LogP contribution in [-0.2, 0) is 11.2 Å². The van der Waals surface area contributed by atoms with Crippen molar-refractivity contribution in [3.8, 4) is 5.75 Å². The van der Waals surface area contributed by atoms with E-state index in [9.17, 15) is 4.79 Å². The van der Waals surface area contributed by atoms with E-state index in [0.29, 0.717) is 0 Å². The van der Waals surface area contributed by atoms with E-state index in [1.54, 1.807) is 0 Å². The van der Waals surface area contributed by atoms with Gasteiger partial charge in [0.15, 0.2) is 0 Å². The van der Waals surface area contributed by atoms with Crippen LogP contribution in [0, 0.1) is 0 Å². The van der Waals surface area contributed by atoms with Crippen molar-refractivity contribution in [2.75, 3.05) is 11.9 Å². The fourth-order valence-corrected chi connectivity index (χ4v) is 2.08. The minimum atomic E-state index is -0.839. The summed E-state index contributed by atoms with van der Waals surface area (Å²) in [6, 6.07) is 15.1. The smallest absolute Gasteiger partial charge is 0.307 e. The van der Waals surface area contributed by atoms with Crippen molar-refractivity contribution in [3.05, 3.63) is 54.1 Å². The van der Waals surface area contributed by atoms with Crippen LogP contribution in [0.15, 0.2) is 48.5 Å². The molecule has 116 valence electrons. The maximum Gasteiger partial charge on any atom is 0.307 e. The molecule has 2 aromatic carbocycles. The quantitative estimate of drug-likeness (QED) is 0.716. The van der Waals surface area contributed by atoms with Crippen molar-refractivity contribution in [3.63, 3.8) is 0 Å². The van der Waals surface area contributed by atoms with Crippen molar-refractivity contribution in [1.82, 2.24) is 0 Å². The Bertz CT molecular complexity index is 608. The van der Waals surface area contributed by atoms with Gasteiger partial charge in [-0.25, -0.2) is 0 Å². The Labute approximate surface area is 130 Å². The van der Waals surface area contributed by atoms with Crippen LogP contribution >= 0.6 is 0 Å². The van der Waals surface area contributed by atoms with Gasteiger partial charge in [0.05, 0.1) is 13.0 Å². The predicted molar refractivity (Wildman–Crippen MR) is 87.9 cm³/mol. The number of anilines is 2. The van der Waals surface area contributed by atoms with Gasteiger partial charge in [-0.05, 0) is 42.3 Å². The maximum absolute atomic E-state index is 10.9. The van der Waals surface area contributed by atoms with E-state index in [2.05, 4.69) is 12.2 Å². The summed E-state index contributed by atoms with van der Waals surface area (Å²) in [7, 11) is 0. The summed E-state index contributed by atoms with van der Waals surface area (Å²) >= 11 is 0. The number of carbonyl (C=O) groups is 1. The number of aliphatic carboxylic acids is 1. The fraction of sp³-hybridized carbons (Fsp3) is 0.278. The topological polar surface area (TPSA) is 58.6 Å². The SMILES string of the molecule is CCCCOc1ccc(Nc2ccccc2CC(=O)O)cc1. The summed E-state index contributed by atoms with van der Waals surface area (Å²) in [5.41, 5.74) is 2.48. The molecule has 4 nitrogen and oxygen atoms in total. The number of hydrogen-bond donors (Lipinski definition) is 2. The molecule has 0 radical (unpaired) electrons. The molecule has 0 atom stereocenters. The fourth-order valence-electron chi connectivity index (χ4n) is 2.08. The molecule has 0 heterocycles. The van der Waals surface area contributed by atoms with Gasteiger partial charge < -0.3 is 15.2 Å². The van der Waals surface area contributed by atoms with Gasteiger partial charge in [0, 0.05) is 11.4 Å². The number of unbranched alkanes of at least 4 members (excludes halogenated alkanes) is 1. The molecule has 0 aliphatic carbocycles. The molecule has 0 saturated carbocycles. The Morgan fingerprint density at radius 1 is 1.14 bits per heavy atom. The number of carboxylic acids is 1. The first-order chi connectivity index (χ1) is 10.7. The minimum Gasteiger partial charge on any atom is -0.494 e. The lowest BCUT2D eigenvalue weighted by molar-refractivity contribution is -0.136. The predicted octanol–water partition coefficient (Wildman–Crippen LogP) is 4.24. The standard InChI is InChI=1S/C18H21NO3/c1-2-3-12-22-16-10-8-15(9-11-16)19-17-7-5-4-6-14(17)13-18(20)21/h4-11,19H,2-3,12-13H2,1H3,(H,20,21). The number of ether oxygens (including phenoxy) is 1. The zero-order valence-electron chi connectivity index (χ0n) is 12.7. The van der Waals surface area contributed by atoms with E-state index in [0.717, 1.165) is 42.1 Å². The average Bonchev–Trinajstić information content (AvgIpc) is 2.51. The molecule has 0 fully saturated rings. The first-order valence-corrected chi connectivity index (χ1v) is 7.48. The lowest BCUT2D eigenvalue weighted by Gasteiger charge is -2.12. The van der Waals surface area contributed by atoms with E-state index in [4.69, 9.17) is 9.84 Å². The van der Waals surface area contributed by atoms with Gasteiger partial charge in [-0.1, -0.05) is 31.5 Å². The third-order valence-electron chi connectivity index (χ3n) is 3.26. The second-order valence-electron chi connectivity index (χ2n) is 5.08. The van der Waals surface area contributed by atoms with Crippen LogP contribution in [-0.4, -0.2) is 17.7 Å². The second-order valence-corrected chi connectivity index (χ2v) is 5.08. The molecule has 22 heavy (non-hydrogen) atoms. The Balaban J connectivity index is 2.03. The lowest BCUT2D eigenvalue weighted by Crippen LogP contribution is -2.03. The highest BCUT2D eigenvalue weighted by Crippen LogP contribution is 2.23. The number of carboxylic acid groups (broad SMARTS) is 1. The molecular formula is C18H21NO3. The summed E-state index contributed by atoms with van der Waals surface area (Å²) in [5.74, 6) is 0.00624. The molecule has 0 amide bonds. The Morgan fingerprint density at radius 3 is 2.55 bits per heavy atom. The van der Waals surface area contributed by atoms with Crippen molar-refractivity contribution in [2.24, 2.45) is 0 Å². The zero-order chi connectivity index (χ0) is 15.8. The van der Waals surface area contributed by atoms with Crippen molar-refractivity contribution < 1.29 is 14.6 Å². The van der Waals surface area contributed by atoms with Crippen LogP contribution in [0.5, 0.6) is 5.75 Å². The zero-order valence-corrected chi connectivity index (χ0v) is 12.7. The highest BCUT2D eigenvalue weighted by atomic mass is 16.5. The summed E-state index contributed by atoms with van der Waals surface area (Å²) in [5, 5.41) is 12.2. The van der Waals surface area contributed by atoms with E-state index in [1.807, 2.05) is 48.5 Å². The first-order valence-electron chi connectivity index (χ1n) is 7.48. The number of nitrogens with one attached hydrogen (secondary N) is 1. The van der Waals surface area contributed by atoms with Crippen LogP contribution in [0.2, 0.25) is 0 Å². The molecule has 2 N–H and O–H groups in total. The summed E-state index contributed by atoms with van der Waals surface area (Å²) < 4.78 is 5.62. The van der Waals surface area contributed by atoms with Crippen LogP contribution in [0.25, 0.3) is 0 Å². The van der Waals surface area contributed by atoms with E-state index in [-0.39, 0.29) is 6.42 Å². The Morgan fingerprint density at radius 2 is 1.86 bits per heavy atom. The van der Waals surface area contributed by atoms with Crippen LogP contribution in [0.1, 0.15) is 25.3 Å². The summed E-state index contributed by atoms with van der Waals surface area (Å²) in [4.78, 5) is 10.9. The van der Waals surface area contributed by atoms with Gasteiger partial charge >= 0.3 is 5.97 Å². The van der Waals surface area contributed by atoms with Crippen molar-refractivity contribution in [1.29, 1.82) is 0 Å². The normalized spacial score (nSPS) is 10.2. The molecule has 0 spiro atoms. The van der Waals surface area contributed by atoms with Gasteiger partial charge in [0.1, 0.15) is 5.75 Å².